The fourth-order valence-electron chi connectivity index (χ4n) is 5.52. The number of phenols is 1. The van der Waals surface area contributed by atoms with Crippen LogP contribution >= 0.6 is 0 Å². The third-order valence-electron chi connectivity index (χ3n) is 6.85. The molecule has 3 heteroatoms. The van der Waals surface area contributed by atoms with Crippen LogP contribution in [-0.4, -0.2) is 27.0 Å². The molecule has 0 saturated heterocycles. The zero-order valence-electron chi connectivity index (χ0n) is 12.5. The van der Waals surface area contributed by atoms with E-state index in [9.17, 15) is 15.3 Å². The quantitative estimate of drug-likeness (QED) is 0.688. The highest BCUT2D eigenvalue weighted by Crippen LogP contribution is 2.63. The molecule has 4 rings (SSSR count). The summed E-state index contributed by atoms with van der Waals surface area (Å²) in [5, 5.41) is 31.5. The minimum atomic E-state index is -0.731. The molecule has 3 aliphatic rings. The maximum atomic E-state index is 11.4. The summed E-state index contributed by atoms with van der Waals surface area (Å²) in [6.07, 6.45) is 4.85. The van der Waals surface area contributed by atoms with Gasteiger partial charge < -0.3 is 15.3 Å². The van der Waals surface area contributed by atoms with Crippen molar-refractivity contribution < 1.29 is 15.3 Å². The molecule has 0 aromatic heterocycles. The summed E-state index contributed by atoms with van der Waals surface area (Å²) in [6.45, 7) is 2.08. The smallest absolute Gasteiger partial charge is 0.115 e. The van der Waals surface area contributed by atoms with Gasteiger partial charge in [-0.3, -0.25) is 0 Å². The standard InChI is InChI=1S/C18H24O3/c1-17-8-6-14-13-4-3-12(19)10-11(13)2-5-15(14)18(17,21)9-7-16(17)20/h3-4,10,14-16,19-21H,2,5-9H2,1H3/t14-,15-,16?,17-,18-/m1/s1. The van der Waals surface area contributed by atoms with Gasteiger partial charge in [0.1, 0.15) is 5.75 Å². The lowest BCUT2D eigenvalue weighted by molar-refractivity contribution is -0.162. The lowest BCUT2D eigenvalue weighted by Gasteiger charge is -2.55. The van der Waals surface area contributed by atoms with E-state index in [0.29, 0.717) is 11.7 Å². The largest absolute Gasteiger partial charge is 0.508 e. The van der Waals surface area contributed by atoms with E-state index in [1.165, 1.54) is 11.1 Å². The van der Waals surface area contributed by atoms with Gasteiger partial charge in [-0.1, -0.05) is 13.0 Å². The number of aliphatic hydroxyl groups excluding tert-OH is 1. The Morgan fingerprint density at radius 1 is 1.14 bits per heavy atom. The van der Waals surface area contributed by atoms with Crippen molar-refractivity contribution in [2.75, 3.05) is 0 Å². The van der Waals surface area contributed by atoms with E-state index in [-0.39, 0.29) is 17.4 Å². The molecular formula is C18H24O3. The number of rotatable bonds is 0. The molecule has 0 radical (unpaired) electrons. The highest BCUT2D eigenvalue weighted by atomic mass is 16.3. The van der Waals surface area contributed by atoms with Crippen LogP contribution in [0.3, 0.4) is 0 Å². The molecule has 0 spiro atoms. The molecule has 21 heavy (non-hydrogen) atoms. The molecule has 3 N–H and O–H groups in total. The zero-order valence-corrected chi connectivity index (χ0v) is 12.5. The summed E-state index contributed by atoms with van der Waals surface area (Å²) in [4.78, 5) is 0. The van der Waals surface area contributed by atoms with Crippen molar-refractivity contribution in [3.63, 3.8) is 0 Å². The van der Waals surface area contributed by atoms with Crippen molar-refractivity contribution in [3.8, 4) is 5.75 Å². The molecule has 3 nitrogen and oxygen atoms in total. The summed E-state index contributed by atoms with van der Waals surface area (Å²) < 4.78 is 0. The van der Waals surface area contributed by atoms with Gasteiger partial charge in [0.05, 0.1) is 11.7 Å². The van der Waals surface area contributed by atoms with E-state index in [2.05, 4.69) is 6.92 Å². The zero-order chi connectivity index (χ0) is 14.8. The van der Waals surface area contributed by atoms with Gasteiger partial charge in [-0.2, -0.15) is 0 Å². The number of hydrogen-bond acceptors (Lipinski definition) is 3. The Balaban J connectivity index is 1.77. The average molecular weight is 288 g/mol. The summed E-state index contributed by atoms with van der Waals surface area (Å²) >= 11 is 0. The number of aliphatic hydroxyl groups is 2. The Morgan fingerprint density at radius 3 is 2.76 bits per heavy atom. The van der Waals surface area contributed by atoms with E-state index in [4.69, 9.17) is 0 Å². The third kappa shape index (κ3) is 1.62. The molecule has 1 aromatic rings. The van der Waals surface area contributed by atoms with Crippen LogP contribution in [-0.2, 0) is 6.42 Å². The average Bonchev–Trinajstić information content (AvgIpc) is 2.71. The van der Waals surface area contributed by atoms with Crippen LogP contribution < -0.4 is 0 Å². The Labute approximate surface area is 125 Å². The molecule has 1 unspecified atom stereocenters. The van der Waals surface area contributed by atoms with Gasteiger partial charge in [0.15, 0.2) is 0 Å². The molecule has 0 heterocycles. The summed E-state index contributed by atoms with van der Waals surface area (Å²) in [7, 11) is 0. The minimum Gasteiger partial charge on any atom is -0.508 e. The fourth-order valence-corrected chi connectivity index (χ4v) is 5.52. The van der Waals surface area contributed by atoms with Crippen LogP contribution in [0.15, 0.2) is 18.2 Å². The number of fused-ring (bicyclic) bond motifs is 5. The molecule has 0 bridgehead atoms. The third-order valence-corrected chi connectivity index (χ3v) is 6.85. The topological polar surface area (TPSA) is 60.7 Å². The van der Waals surface area contributed by atoms with Gasteiger partial charge in [-0.05, 0) is 73.6 Å². The van der Waals surface area contributed by atoms with Crippen LogP contribution in [0.2, 0.25) is 0 Å². The van der Waals surface area contributed by atoms with Crippen molar-refractivity contribution in [2.45, 2.75) is 63.1 Å². The summed E-state index contributed by atoms with van der Waals surface area (Å²) in [5.74, 6) is 0.950. The fraction of sp³-hybridized carbons (Fsp3) is 0.667. The second kappa shape index (κ2) is 4.23. The first-order chi connectivity index (χ1) is 9.96. The van der Waals surface area contributed by atoms with E-state index in [1.54, 1.807) is 6.07 Å². The molecule has 1 aromatic carbocycles. The molecule has 3 aliphatic carbocycles. The van der Waals surface area contributed by atoms with Crippen molar-refractivity contribution in [3.05, 3.63) is 29.3 Å². The Morgan fingerprint density at radius 2 is 1.95 bits per heavy atom. The molecule has 5 atom stereocenters. The van der Waals surface area contributed by atoms with Crippen LogP contribution in [0.25, 0.3) is 0 Å². The molecule has 0 amide bonds. The first-order valence-electron chi connectivity index (χ1n) is 8.18. The molecule has 0 aliphatic heterocycles. The maximum Gasteiger partial charge on any atom is 0.115 e. The van der Waals surface area contributed by atoms with Crippen molar-refractivity contribution in [1.29, 1.82) is 0 Å². The first kappa shape index (κ1) is 13.6. The van der Waals surface area contributed by atoms with E-state index >= 15 is 0 Å². The maximum absolute atomic E-state index is 11.4. The number of hydrogen-bond donors (Lipinski definition) is 3. The van der Waals surface area contributed by atoms with Crippen molar-refractivity contribution in [1.82, 2.24) is 0 Å². The highest BCUT2D eigenvalue weighted by molar-refractivity contribution is 5.41. The lowest BCUT2D eigenvalue weighted by atomic mass is 9.53. The predicted octanol–water partition coefficient (Wildman–Crippen LogP) is 2.72. The van der Waals surface area contributed by atoms with E-state index < -0.39 is 5.60 Å². The van der Waals surface area contributed by atoms with Crippen LogP contribution in [0.4, 0.5) is 0 Å². The summed E-state index contributed by atoms with van der Waals surface area (Å²) in [5.41, 5.74) is 1.47. The SMILES string of the molecule is C[C@]12CC[C@@H]3c4ccc(O)cc4CC[C@H]3[C@]1(O)CCC2O. The van der Waals surface area contributed by atoms with Crippen LogP contribution in [0, 0.1) is 11.3 Å². The van der Waals surface area contributed by atoms with Gasteiger partial charge in [0.25, 0.3) is 0 Å². The van der Waals surface area contributed by atoms with Gasteiger partial charge in [-0.25, -0.2) is 0 Å². The summed E-state index contributed by atoms with van der Waals surface area (Å²) in [6, 6.07) is 5.69. The number of benzene rings is 1. The number of phenolic OH excluding ortho intramolecular Hbond substituents is 1. The van der Waals surface area contributed by atoms with Gasteiger partial charge in [-0.15, -0.1) is 0 Å². The number of aryl methyl sites for hydroxylation is 1. The second-order valence-electron chi connectivity index (χ2n) is 7.57. The van der Waals surface area contributed by atoms with Gasteiger partial charge in [0.2, 0.25) is 0 Å². The van der Waals surface area contributed by atoms with Crippen molar-refractivity contribution in [2.24, 2.45) is 11.3 Å². The Kier molecular flexibility index (Phi) is 2.74. The first-order valence-corrected chi connectivity index (χ1v) is 8.18. The van der Waals surface area contributed by atoms with Gasteiger partial charge >= 0.3 is 0 Å². The van der Waals surface area contributed by atoms with E-state index in [0.717, 1.165) is 38.5 Å². The molecule has 114 valence electrons. The Bertz CT molecular complexity index is 584. The Hall–Kier alpha value is -1.06. The predicted molar refractivity (Wildman–Crippen MR) is 80.2 cm³/mol. The van der Waals surface area contributed by atoms with Gasteiger partial charge in [0, 0.05) is 5.41 Å². The monoisotopic (exact) mass is 288 g/mol. The number of aromatic hydroxyl groups is 1. The lowest BCUT2D eigenvalue weighted by Crippen LogP contribution is -2.57. The second-order valence-corrected chi connectivity index (χ2v) is 7.57. The normalized spacial score (nSPS) is 44.8. The van der Waals surface area contributed by atoms with Crippen LogP contribution in [0.1, 0.15) is 56.1 Å². The molecular weight excluding hydrogens is 264 g/mol. The van der Waals surface area contributed by atoms with Crippen molar-refractivity contribution >= 4 is 0 Å². The molecule has 2 fully saturated rings. The van der Waals surface area contributed by atoms with E-state index in [1.807, 2.05) is 12.1 Å². The molecule has 2 saturated carbocycles. The van der Waals surface area contributed by atoms with Crippen LogP contribution in [0.5, 0.6) is 5.75 Å². The minimum absolute atomic E-state index is 0.241. The highest BCUT2D eigenvalue weighted by Gasteiger charge is 2.63.